The lowest BCUT2D eigenvalue weighted by Crippen LogP contribution is -2.11. The van der Waals surface area contributed by atoms with E-state index in [1.54, 1.807) is 0 Å². The molecule has 0 radical (unpaired) electrons. The summed E-state index contributed by atoms with van der Waals surface area (Å²) in [4.78, 5) is 10.7. The fraction of sp³-hybridized carbons (Fsp3) is 0.167. The maximum atomic E-state index is 10.7. The van der Waals surface area contributed by atoms with Gasteiger partial charge in [0.2, 0.25) is 0 Å². The molecule has 0 aromatic heterocycles. The van der Waals surface area contributed by atoms with Crippen LogP contribution in [0.4, 0.5) is 0 Å². The van der Waals surface area contributed by atoms with E-state index in [9.17, 15) is 4.79 Å². The molecular formula is C6H7NO. The molecule has 1 rings (SSSR count). The van der Waals surface area contributed by atoms with Gasteiger partial charge in [-0.3, -0.25) is 4.79 Å². The van der Waals surface area contributed by atoms with Gasteiger partial charge in [0, 0.05) is 17.7 Å². The molecule has 1 fully saturated rings. The van der Waals surface area contributed by atoms with Gasteiger partial charge in [-0.05, 0) is 0 Å². The molecule has 42 valence electrons. The second-order valence-corrected chi connectivity index (χ2v) is 1.76. The molecule has 1 heterocycles. The number of allylic oxidation sites excluding steroid dienone is 1. The molecule has 0 saturated carbocycles. The van der Waals surface area contributed by atoms with Gasteiger partial charge in [-0.2, -0.15) is 0 Å². The Kier molecular flexibility index (Phi) is 0.717. The number of amides is 1. The van der Waals surface area contributed by atoms with Crippen LogP contribution in [-0.2, 0) is 4.79 Å². The highest BCUT2D eigenvalue weighted by molar-refractivity contribution is 5.97. The lowest BCUT2D eigenvalue weighted by molar-refractivity contribution is -0.115. The minimum Gasteiger partial charge on any atom is -0.326 e. The number of carbonyl (C=O) groups excluding carboxylic acids is 1. The first kappa shape index (κ1) is 3.89. The summed E-state index contributed by atoms with van der Waals surface area (Å²) >= 11 is 0. The molecule has 2 heteroatoms. The van der Waals surface area contributed by atoms with Crippen LogP contribution >= 0.6 is 0 Å². The van der Waals surface area contributed by atoms with Crippen molar-refractivity contribution in [3.63, 3.8) is 0 Å². The normalized spacial score (nSPS) is 26.0. The molecule has 0 aromatic rings. The fourth-order valence-electron chi connectivity index (χ4n) is 0.595. The largest absolute Gasteiger partial charge is 0.326 e. The molecule has 1 saturated heterocycles. The number of hydrogen-bond acceptors (Lipinski definition) is 1. The maximum Gasteiger partial charge on any atom is 0.251 e. The number of nitrogens with one attached hydrogen (secondary N) is 1. The summed E-state index contributed by atoms with van der Waals surface area (Å²) in [7, 11) is 0. The fourth-order valence-corrected chi connectivity index (χ4v) is 0.595. The lowest BCUT2D eigenvalue weighted by atomic mass is 10.2. The Balaban J connectivity index is 2.81. The molecule has 1 N–H and O–H groups in total. The molecule has 0 bridgehead atoms. The monoisotopic (exact) mass is 111 g/mol. The van der Waals surface area contributed by atoms with Crippen molar-refractivity contribution in [3.05, 3.63) is 24.4 Å². The van der Waals surface area contributed by atoms with E-state index in [2.05, 4.69) is 11.9 Å². The van der Waals surface area contributed by atoms with E-state index >= 15 is 0 Å². The second kappa shape index (κ2) is 1.47. The van der Waals surface area contributed by atoms with E-state index in [1.165, 1.54) is 0 Å². The van der Waals surface area contributed by atoms with Gasteiger partial charge in [-0.25, -0.2) is 0 Å². The van der Waals surface area contributed by atoms with Gasteiger partial charge in [0.05, 0.1) is 1.37 Å². The van der Waals surface area contributed by atoms with Crippen LogP contribution in [0.5, 0.6) is 0 Å². The first-order valence-corrected chi connectivity index (χ1v) is 2.30. The Morgan fingerprint density at radius 1 is 1.88 bits per heavy atom. The lowest BCUT2D eigenvalue weighted by Gasteiger charge is -1.85. The topological polar surface area (TPSA) is 29.1 Å². The van der Waals surface area contributed by atoms with Crippen LogP contribution in [0.15, 0.2) is 24.4 Å². The summed E-state index contributed by atoms with van der Waals surface area (Å²) in [5.74, 6) is -0.185. The van der Waals surface area contributed by atoms with Crippen LogP contribution in [0.2, 0.25) is 0 Å². The molecule has 0 aromatic carbocycles. The first-order chi connectivity index (χ1) is 4.24. The molecule has 1 amide bonds. The standard InChI is InChI=1S/C6H7NO/c1-4-3-5(2)7-6(4)8/h1-3H2,(H,7,8)/i1T. The SMILES string of the molecule is [3H]C=C1CC(=C)NC1=O. The third-order valence-corrected chi connectivity index (χ3v) is 0.986. The predicted molar refractivity (Wildman–Crippen MR) is 31.0 cm³/mol. The van der Waals surface area contributed by atoms with Crippen LogP contribution in [-0.4, -0.2) is 5.91 Å². The zero-order valence-electron chi connectivity index (χ0n) is 5.40. The van der Waals surface area contributed by atoms with Gasteiger partial charge >= 0.3 is 0 Å². The summed E-state index contributed by atoms with van der Waals surface area (Å²) in [6.07, 6.45) is 0.502. The van der Waals surface area contributed by atoms with Gasteiger partial charge in [0.15, 0.2) is 0 Å². The number of carbonyl (C=O) groups is 1. The predicted octanol–water partition coefficient (Wildman–Crippen LogP) is 0.576. The Morgan fingerprint density at radius 2 is 2.62 bits per heavy atom. The highest BCUT2D eigenvalue weighted by Crippen LogP contribution is 2.12. The van der Waals surface area contributed by atoms with Crippen molar-refractivity contribution >= 4 is 5.91 Å². The molecule has 0 unspecified atom stereocenters. The molecular weight excluding hydrogens is 102 g/mol. The number of hydrogen-bond donors (Lipinski definition) is 1. The van der Waals surface area contributed by atoms with E-state index < -0.39 is 0 Å². The average molecular weight is 111 g/mol. The number of rotatable bonds is 0. The molecule has 1 aliphatic rings. The molecule has 0 aliphatic carbocycles. The first-order valence-electron chi connectivity index (χ1n) is 2.88. The van der Waals surface area contributed by atoms with E-state index in [0.717, 1.165) is 6.55 Å². The Labute approximate surface area is 49.3 Å². The summed E-state index contributed by atoms with van der Waals surface area (Å²) in [6, 6.07) is 0. The smallest absolute Gasteiger partial charge is 0.251 e. The third kappa shape index (κ3) is 0.644. The third-order valence-electron chi connectivity index (χ3n) is 0.986. The van der Waals surface area contributed by atoms with Gasteiger partial charge in [-0.1, -0.05) is 13.1 Å². The van der Waals surface area contributed by atoms with Crippen molar-refractivity contribution in [2.24, 2.45) is 0 Å². The highest BCUT2D eigenvalue weighted by Gasteiger charge is 2.15. The van der Waals surface area contributed by atoms with Crippen LogP contribution < -0.4 is 5.32 Å². The van der Waals surface area contributed by atoms with E-state index in [-0.39, 0.29) is 5.91 Å². The molecule has 1 aliphatic heterocycles. The van der Waals surface area contributed by atoms with Crippen LogP contribution in [0.1, 0.15) is 7.79 Å². The highest BCUT2D eigenvalue weighted by atomic mass is 16.2. The van der Waals surface area contributed by atoms with Gasteiger partial charge < -0.3 is 5.32 Å². The van der Waals surface area contributed by atoms with E-state index in [4.69, 9.17) is 1.37 Å². The van der Waals surface area contributed by atoms with Crippen molar-refractivity contribution in [2.45, 2.75) is 6.42 Å². The van der Waals surface area contributed by atoms with Crippen molar-refractivity contribution in [1.29, 1.82) is 0 Å². The van der Waals surface area contributed by atoms with E-state index in [0.29, 0.717) is 17.7 Å². The molecule has 0 atom stereocenters. The van der Waals surface area contributed by atoms with Gasteiger partial charge in [0.1, 0.15) is 0 Å². The average Bonchev–Trinajstić information content (AvgIpc) is 2.10. The van der Waals surface area contributed by atoms with Gasteiger partial charge in [0.25, 0.3) is 5.91 Å². The minimum atomic E-state index is -0.185. The maximum absolute atomic E-state index is 10.7. The Morgan fingerprint density at radius 3 is 2.88 bits per heavy atom. The Hall–Kier alpha value is -1.05. The van der Waals surface area contributed by atoms with Crippen LogP contribution in [0, 0.1) is 0 Å². The van der Waals surface area contributed by atoms with Crippen molar-refractivity contribution in [2.75, 3.05) is 0 Å². The molecule has 8 heavy (non-hydrogen) atoms. The summed E-state index contributed by atoms with van der Waals surface area (Å²) in [5.41, 5.74) is 1.17. The summed E-state index contributed by atoms with van der Waals surface area (Å²) < 4.78 is 6.76. The quantitative estimate of drug-likeness (QED) is 0.455. The molecule has 0 spiro atoms. The van der Waals surface area contributed by atoms with Crippen LogP contribution in [0.25, 0.3) is 0 Å². The summed E-state index contributed by atoms with van der Waals surface area (Å²) in [5, 5.41) is 2.50. The van der Waals surface area contributed by atoms with Gasteiger partial charge in [-0.15, -0.1) is 0 Å². The second-order valence-electron chi connectivity index (χ2n) is 1.76. The zero-order chi connectivity index (χ0) is 6.85. The van der Waals surface area contributed by atoms with Crippen LogP contribution in [0.3, 0.4) is 0 Å². The van der Waals surface area contributed by atoms with Crippen molar-refractivity contribution < 1.29 is 6.17 Å². The minimum absolute atomic E-state index is 0.185. The Bertz CT molecular complexity index is 195. The molecule has 2 nitrogen and oxygen atoms in total. The van der Waals surface area contributed by atoms with Crippen molar-refractivity contribution in [3.8, 4) is 0 Å². The van der Waals surface area contributed by atoms with E-state index in [1.807, 2.05) is 0 Å². The summed E-state index contributed by atoms with van der Waals surface area (Å²) in [6.45, 7) is 4.61. The van der Waals surface area contributed by atoms with Crippen molar-refractivity contribution in [1.82, 2.24) is 5.32 Å². The zero-order valence-corrected chi connectivity index (χ0v) is 4.40.